The first-order valence-corrected chi connectivity index (χ1v) is 8.20. The number of hydrogen-bond donors (Lipinski definition) is 2. The molecule has 0 radical (unpaired) electrons. The minimum absolute atomic E-state index is 0.0298. The second kappa shape index (κ2) is 8.09. The molecule has 0 spiro atoms. The van der Waals surface area contributed by atoms with E-state index in [0.717, 1.165) is 11.4 Å². The fourth-order valence-corrected chi connectivity index (χ4v) is 2.34. The van der Waals surface area contributed by atoms with Crippen molar-refractivity contribution in [1.29, 1.82) is 0 Å². The van der Waals surface area contributed by atoms with Crippen LogP contribution in [0.15, 0.2) is 60.9 Å². The second-order valence-corrected chi connectivity index (χ2v) is 5.73. The second-order valence-electron chi connectivity index (χ2n) is 5.73. The fraction of sp³-hybridized carbons (Fsp3) is 0.100. The highest BCUT2D eigenvalue weighted by molar-refractivity contribution is 6.03. The summed E-state index contributed by atoms with van der Waals surface area (Å²) in [5.41, 5.74) is 2.14. The van der Waals surface area contributed by atoms with E-state index >= 15 is 0 Å². The molecule has 7 nitrogen and oxygen atoms in total. The molecule has 0 unspecified atom stereocenters. The van der Waals surface area contributed by atoms with Gasteiger partial charge in [0.25, 0.3) is 5.91 Å². The number of rotatable bonds is 6. The van der Waals surface area contributed by atoms with Gasteiger partial charge < -0.3 is 15.4 Å². The zero-order valence-corrected chi connectivity index (χ0v) is 14.9. The van der Waals surface area contributed by atoms with Crippen molar-refractivity contribution in [2.45, 2.75) is 6.92 Å². The topological polar surface area (TPSA) is 93.2 Å². The maximum absolute atomic E-state index is 12.3. The van der Waals surface area contributed by atoms with Gasteiger partial charge in [-0.15, -0.1) is 0 Å². The van der Waals surface area contributed by atoms with Crippen LogP contribution in [0, 0.1) is 0 Å². The van der Waals surface area contributed by atoms with Crippen molar-refractivity contribution in [3.05, 3.63) is 72.2 Å². The molecule has 0 saturated carbocycles. The monoisotopic (exact) mass is 362 g/mol. The molecule has 0 aliphatic rings. The van der Waals surface area contributed by atoms with E-state index in [4.69, 9.17) is 4.74 Å². The summed E-state index contributed by atoms with van der Waals surface area (Å²) in [6.07, 6.45) is 2.87. The molecule has 0 fully saturated rings. The highest BCUT2D eigenvalue weighted by Crippen LogP contribution is 2.20. The van der Waals surface area contributed by atoms with Gasteiger partial charge in [-0.05, 0) is 43.3 Å². The number of carbonyl (C=O) groups excluding carboxylic acids is 2. The van der Waals surface area contributed by atoms with Crippen LogP contribution in [0.3, 0.4) is 0 Å². The van der Waals surface area contributed by atoms with Gasteiger partial charge in [-0.2, -0.15) is 0 Å². The van der Waals surface area contributed by atoms with E-state index in [9.17, 15) is 9.59 Å². The van der Waals surface area contributed by atoms with Crippen LogP contribution in [0.2, 0.25) is 0 Å². The molecule has 1 heterocycles. The van der Waals surface area contributed by atoms with Crippen molar-refractivity contribution < 1.29 is 14.3 Å². The van der Waals surface area contributed by atoms with Crippen molar-refractivity contribution in [1.82, 2.24) is 9.97 Å². The number of Topliss-reactive ketones (excluding diaryl/α,β-unsaturated/α-hetero) is 1. The standard InChI is InChI=1S/C20H18N4O3/c1-13(25)14-6-8-15(9-7-14)24-20(26)18-11-22-19(12-21-18)23-16-4-3-5-17(10-16)27-2/h3-12H,1-2H3,(H,22,23)(H,24,26). The Morgan fingerprint density at radius 2 is 1.74 bits per heavy atom. The maximum atomic E-state index is 12.3. The van der Waals surface area contributed by atoms with E-state index in [1.54, 1.807) is 31.4 Å². The van der Waals surface area contributed by atoms with Gasteiger partial charge in [-0.25, -0.2) is 9.97 Å². The molecule has 3 aromatic rings. The van der Waals surface area contributed by atoms with Crippen molar-refractivity contribution in [2.75, 3.05) is 17.7 Å². The van der Waals surface area contributed by atoms with Gasteiger partial charge in [-0.1, -0.05) is 6.07 Å². The van der Waals surface area contributed by atoms with Crippen LogP contribution < -0.4 is 15.4 Å². The summed E-state index contributed by atoms with van der Waals surface area (Å²) in [5.74, 6) is 0.814. The zero-order valence-electron chi connectivity index (χ0n) is 14.9. The molecule has 0 bridgehead atoms. The number of aromatic nitrogens is 2. The minimum Gasteiger partial charge on any atom is -0.497 e. The fourth-order valence-electron chi connectivity index (χ4n) is 2.34. The first kappa shape index (κ1) is 18.1. The summed E-state index contributed by atoms with van der Waals surface area (Å²) in [4.78, 5) is 31.9. The lowest BCUT2D eigenvalue weighted by Gasteiger charge is -2.08. The van der Waals surface area contributed by atoms with E-state index < -0.39 is 0 Å². The Morgan fingerprint density at radius 3 is 2.37 bits per heavy atom. The first-order valence-electron chi connectivity index (χ1n) is 8.20. The Bertz CT molecular complexity index is 954. The molecule has 136 valence electrons. The molecular weight excluding hydrogens is 344 g/mol. The lowest BCUT2D eigenvalue weighted by atomic mass is 10.1. The summed E-state index contributed by atoms with van der Waals surface area (Å²) in [6, 6.07) is 14.0. The number of nitrogens with one attached hydrogen (secondary N) is 2. The van der Waals surface area contributed by atoms with Crippen LogP contribution in [0.25, 0.3) is 0 Å². The molecule has 1 amide bonds. The van der Waals surface area contributed by atoms with Crippen LogP contribution in [-0.2, 0) is 0 Å². The van der Waals surface area contributed by atoms with Gasteiger partial charge in [0, 0.05) is 23.0 Å². The number of nitrogens with zero attached hydrogens (tertiary/aromatic N) is 2. The highest BCUT2D eigenvalue weighted by atomic mass is 16.5. The molecule has 0 saturated heterocycles. The van der Waals surface area contributed by atoms with E-state index in [1.807, 2.05) is 24.3 Å². The largest absolute Gasteiger partial charge is 0.497 e. The Balaban J connectivity index is 1.65. The van der Waals surface area contributed by atoms with Crippen LogP contribution in [-0.4, -0.2) is 28.8 Å². The van der Waals surface area contributed by atoms with Crippen molar-refractivity contribution >= 4 is 28.9 Å². The highest BCUT2D eigenvalue weighted by Gasteiger charge is 2.09. The molecule has 2 aromatic carbocycles. The Hall–Kier alpha value is -3.74. The smallest absolute Gasteiger partial charge is 0.275 e. The number of anilines is 3. The SMILES string of the molecule is COc1cccc(Nc2cnc(C(=O)Nc3ccc(C(C)=O)cc3)cn2)c1. The Kier molecular flexibility index (Phi) is 5.41. The molecule has 1 aromatic heterocycles. The van der Waals surface area contributed by atoms with E-state index in [-0.39, 0.29) is 17.4 Å². The van der Waals surface area contributed by atoms with E-state index in [0.29, 0.717) is 17.1 Å². The first-order chi connectivity index (χ1) is 13.0. The maximum Gasteiger partial charge on any atom is 0.275 e. The number of carbonyl (C=O) groups is 2. The van der Waals surface area contributed by atoms with Gasteiger partial charge in [0.1, 0.15) is 17.3 Å². The molecule has 0 atom stereocenters. The number of hydrogen-bond acceptors (Lipinski definition) is 6. The van der Waals surface area contributed by atoms with Crippen molar-refractivity contribution in [3.8, 4) is 5.75 Å². The minimum atomic E-state index is -0.383. The third-order valence-electron chi connectivity index (χ3n) is 3.78. The lowest BCUT2D eigenvalue weighted by molar-refractivity contribution is 0.101. The van der Waals surface area contributed by atoms with Crippen LogP contribution in [0.1, 0.15) is 27.8 Å². The molecule has 0 aliphatic heterocycles. The molecule has 2 N–H and O–H groups in total. The average Bonchev–Trinajstić information content (AvgIpc) is 2.69. The summed E-state index contributed by atoms with van der Waals surface area (Å²) in [6.45, 7) is 1.49. The zero-order chi connectivity index (χ0) is 19.2. The molecule has 27 heavy (non-hydrogen) atoms. The normalized spacial score (nSPS) is 10.1. The van der Waals surface area contributed by atoms with Crippen LogP contribution in [0.5, 0.6) is 5.75 Å². The van der Waals surface area contributed by atoms with Gasteiger partial charge in [0.05, 0.1) is 19.5 Å². The quantitative estimate of drug-likeness (QED) is 0.650. The predicted molar refractivity (Wildman–Crippen MR) is 103 cm³/mol. The number of ether oxygens (including phenoxy) is 1. The van der Waals surface area contributed by atoms with Crippen molar-refractivity contribution in [3.63, 3.8) is 0 Å². The Morgan fingerprint density at radius 1 is 0.963 bits per heavy atom. The summed E-state index contributed by atoms with van der Waals surface area (Å²) in [5, 5.41) is 5.81. The van der Waals surface area contributed by atoms with Gasteiger partial charge in [0.15, 0.2) is 5.78 Å². The van der Waals surface area contributed by atoms with Crippen LogP contribution in [0.4, 0.5) is 17.2 Å². The number of amides is 1. The summed E-state index contributed by atoms with van der Waals surface area (Å²) >= 11 is 0. The van der Waals surface area contributed by atoms with E-state index in [1.165, 1.54) is 19.3 Å². The number of benzene rings is 2. The van der Waals surface area contributed by atoms with Gasteiger partial charge in [-0.3, -0.25) is 9.59 Å². The number of methoxy groups -OCH3 is 1. The molecule has 7 heteroatoms. The predicted octanol–water partition coefficient (Wildman–Crippen LogP) is 3.68. The van der Waals surface area contributed by atoms with E-state index in [2.05, 4.69) is 20.6 Å². The third-order valence-corrected chi connectivity index (χ3v) is 3.78. The summed E-state index contributed by atoms with van der Waals surface area (Å²) < 4.78 is 5.17. The number of ketones is 1. The molecule has 0 aliphatic carbocycles. The third kappa shape index (κ3) is 4.66. The lowest BCUT2D eigenvalue weighted by Crippen LogP contribution is -2.14. The van der Waals surface area contributed by atoms with Crippen molar-refractivity contribution in [2.24, 2.45) is 0 Å². The average molecular weight is 362 g/mol. The van der Waals surface area contributed by atoms with Gasteiger partial charge in [0.2, 0.25) is 0 Å². The molecule has 3 rings (SSSR count). The van der Waals surface area contributed by atoms with Gasteiger partial charge >= 0.3 is 0 Å². The summed E-state index contributed by atoms with van der Waals surface area (Å²) in [7, 11) is 1.60. The Labute approximate surface area is 156 Å². The molecular formula is C20H18N4O3. The van der Waals surface area contributed by atoms with Crippen LogP contribution >= 0.6 is 0 Å².